The van der Waals surface area contributed by atoms with Crippen molar-refractivity contribution in [2.24, 2.45) is 0 Å². The molecule has 0 saturated carbocycles. The molecule has 0 unspecified atom stereocenters. The highest BCUT2D eigenvalue weighted by Crippen LogP contribution is 2.33. The number of amides is 1. The van der Waals surface area contributed by atoms with Crippen LogP contribution in [0.15, 0.2) is 54.7 Å². The number of rotatable bonds is 5. The fourth-order valence-electron chi connectivity index (χ4n) is 2.73. The third-order valence-corrected chi connectivity index (χ3v) is 4.04. The smallest absolute Gasteiger partial charge is 0.274 e. The van der Waals surface area contributed by atoms with E-state index in [0.29, 0.717) is 42.1 Å². The highest BCUT2D eigenvalue weighted by molar-refractivity contribution is 6.03. The van der Waals surface area contributed by atoms with Crippen LogP contribution in [0.2, 0.25) is 0 Å². The van der Waals surface area contributed by atoms with Gasteiger partial charge in [0.1, 0.15) is 24.7 Å². The summed E-state index contributed by atoms with van der Waals surface area (Å²) < 4.78 is 16.3. The lowest BCUT2D eigenvalue weighted by Crippen LogP contribution is -2.16. The SMILES string of the molecule is COc1ccccc1NC(=O)c1ccnc(Nc2ccc3c(c2)OCCO3)n1. The number of nitrogens with one attached hydrogen (secondary N) is 2. The average Bonchev–Trinajstić information content (AvgIpc) is 2.74. The summed E-state index contributed by atoms with van der Waals surface area (Å²) in [6.45, 7) is 1.04. The van der Waals surface area contributed by atoms with Gasteiger partial charge in [0.2, 0.25) is 5.95 Å². The molecule has 28 heavy (non-hydrogen) atoms. The van der Waals surface area contributed by atoms with E-state index in [9.17, 15) is 4.79 Å². The number of ether oxygens (including phenoxy) is 3. The van der Waals surface area contributed by atoms with Crippen molar-refractivity contribution in [1.29, 1.82) is 0 Å². The van der Waals surface area contributed by atoms with E-state index in [4.69, 9.17) is 14.2 Å². The second-order valence-electron chi connectivity index (χ2n) is 5.90. The third kappa shape index (κ3) is 3.80. The molecule has 1 aromatic heterocycles. The van der Waals surface area contributed by atoms with Crippen LogP contribution < -0.4 is 24.8 Å². The molecule has 2 N–H and O–H groups in total. The fraction of sp³-hybridized carbons (Fsp3) is 0.150. The second-order valence-corrected chi connectivity index (χ2v) is 5.90. The first-order chi connectivity index (χ1) is 13.7. The van der Waals surface area contributed by atoms with Gasteiger partial charge in [-0.25, -0.2) is 9.97 Å². The van der Waals surface area contributed by atoms with Gasteiger partial charge in [0.15, 0.2) is 11.5 Å². The highest BCUT2D eigenvalue weighted by Gasteiger charge is 2.14. The third-order valence-electron chi connectivity index (χ3n) is 4.04. The molecule has 142 valence electrons. The first-order valence-corrected chi connectivity index (χ1v) is 8.67. The number of methoxy groups -OCH3 is 1. The number of carbonyl (C=O) groups is 1. The highest BCUT2D eigenvalue weighted by atomic mass is 16.6. The van der Waals surface area contributed by atoms with E-state index in [1.54, 1.807) is 31.4 Å². The lowest BCUT2D eigenvalue weighted by molar-refractivity contribution is 0.102. The summed E-state index contributed by atoms with van der Waals surface area (Å²) in [5.74, 6) is 1.85. The van der Waals surface area contributed by atoms with E-state index in [1.165, 1.54) is 6.20 Å². The number of fused-ring (bicyclic) bond motifs is 1. The van der Waals surface area contributed by atoms with Gasteiger partial charge >= 0.3 is 0 Å². The van der Waals surface area contributed by atoms with E-state index < -0.39 is 0 Å². The summed E-state index contributed by atoms with van der Waals surface area (Å²) >= 11 is 0. The van der Waals surface area contributed by atoms with Crippen molar-refractivity contribution in [3.8, 4) is 17.2 Å². The van der Waals surface area contributed by atoms with Crippen LogP contribution in [0.4, 0.5) is 17.3 Å². The zero-order chi connectivity index (χ0) is 19.3. The molecule has 0 aliphatic carbocycles. The van der Waals surface area contributed by atoms with Gasteiger partial charge in [-0.15, -0.1) is 0 Å². The molecule has 2 aromatic carbocycles. The van der Waals surface area contributed by atoms with Crippen molar-refractivity contribution in [3.63, 3.8) is 0 Å². The topological polar surface area (TPSA) is 94.6 Å². The molecule has 8 nitrogen and oxygen atoms in total. The molecular formula is C20H18N4O4. The number of benzene rings is 2. The molecule has 0 atom stereocenters. The molecule has 0 saturated heterocycles. The Labute approximate surface area is 161 Å². The number of aromatic nitrogens is 2. The summed E-state index contributed by atoms with van der Waals surface area (Å²) in [5.41, 5.74) is 1.52. The summed E-state index contributed by atoms with van der Waals surface area (Å²) in [4.78, 5) is 21.0. The monoisotopic (exact) mass is 378 g/mol. The van der Waals surface area contributed by atoms with E-state index >= 15 is 0 Å². The number of nitrogens with zero attached hydrogens (tertiary/aromatic N) is 2. The van der Waals surface area contributed by atoms with Crippen LogP contribution in [0.5, 0.6) is 17.2 Å². The van der Waals surface area contributed by atoms with Gasteiger partial charge in [0.25, 0.3) is 5.91 Å². The van der Waals surface area contributed by atoms with Crippen LogP contribution >= 0.6 is 0 Å². The van der Waals surface area contributed by atoms with E-state index in [-0.39, 0.29) is 11.6 Å². The molecule has 1 aliphatic heterocycles. The summed E-state index contributed by atoms with van der Waals surface area (Å²) in [6, 6.07) is 14.2. The summed E-state index contributed by atoms with van der Waals surface area (Å²) in [6.07, 6.45) is 1.52. The molecule has 1 amide bonds. The Morgan fingerprint density at radius 3 is 2.75 bits per heavy atom. The van der Waals surface area contributed by atoms with E-state index in [2.05, 4.69) is 20.6 Å². The molecule has 0 spiro atoms. The van der Waals surface area contributed by atoms with Crippen molar-refractivity contribution in [1.82, 2.24) is 9.97 Å². The molecule has 1 aliphatic rings. The van der Waals surface area contributed by atoms with Crippen molar-refractivity contribution >= 4 is 23.2 Å². The van der Waals surface area contributed by atoms with Crippen LogP contribution in [0.3, 0.4) is 0 Å². The van der Waals surface area contributed by atoms with Crippen LogP contribution in [0, 0.1) is 0 Å². The Bertz CT molecular complexity index is 1010. The molecule has 0 fully saturated rings. The van der Waals surface area contributed by atoms with Crippen LogP contribution in [0.25, 0.3) is 0 Å². The molecule has 3 aromatic rings. The zero-order valence-electron chi connectivity index (χ0n) is 15.1. The van der Waals surface area contributed by atoms with Crippen molar-refractivity contribution in [3.05, 3.63) is 60.4 Å². The number of hydrogen-bond donors (Lipinski definition) is 2. The lowest BCUT2D eigenvalue weighted by Gasteiger charge is -2.19. The number of carbonyl (C=O) groups excluding carboxylic acids is 1. The Hall–Kier alpha value is -3.81. The largest absolute Gasteiger partial charge is 0.495 e. The quantitative estimate of drug-likeness (QED) is 0.704. The lowest BCUT2D eigenvalue weighted by atomic mass is 10.2. The van der Waals surface area contributed by atoms with Gasteiger partial charge < -0.3 is 24.8 Å². The van der Waals surface area contributed by atoms with Crippen molar-refractivity contribution in [2.45, 2.75) is 0 Å². The van der Waals surface area contributed by atoms with Gasteiger partial charge in [-0.2, -0.15) is 0 Å². The van der Waals surface area contributed by atoms with Gasteiger partial charge in [0, 0.05) is 18.0 Å². The Morgan fingerprint density at radius 2 is 1.89 bits per heavy atom. The van der Waals surface area contributed by atoms with Crippen LogP contribution in [-0.2, 0) is 0 Å². The minimum atomic E-state index is -0.364. The average molecular weight is 378 g/mol. The predicted molar refractivity (Wildman–Crippen MR) is 104 cm³/mol. The van der Waals surface area contributed by atoms with Gasteiger partial charge in [-0.05, 0) is 30.3 Å². The van der Waals surface area contributed by atoms with Crippen molar-refractivity contribution in [2.75, 3.05) is 31.0 Å². The number of anilines is 3. The Morgan fingerprint density at radius 1 is 1.07 bits per heavy atom. The maximum absolute atomic E-state index is 12.6. The molecule has 4 rings (SSSR count). The van der Waals surface area contributed by atoms with Crippen LogP contribution in [-0.4, -0.2) is 36.2 Å². The standard InChI is InChI=1S/C20H18N4O4/c1-26-16-5-3-2-4-14(16)23-19(25)15-8-9-21-20(24-15)22-13-6-7-17-18(12-13)28-11-10-27-17/h2-9,12H,10-11H2,1H3,(H,23,25)(H,21,22,24). The maximum atomic E-state index is 12.6. The molecular weight excluding hydrogens is 360 g/mol. The molecule has 2 heterocycles. The number of para-hydroxylation sites is 2. The van der Waals surface area contributed by atoms with Gasteiger partial charge in [-0.1, -0.05) is 12.1 Å². The maximum Gasteiger partial charge on any atom is 0.274 e. The zero-order valence-corrected chi connectivity index (χ0v) is 15.1. The second kappa shape index (κ2) is 7.83. The summed E-state index contributed by atoms with van der Waals surface area (Å²) in [7, 11) is 1.55. The van der Waals surface area contributed by atoms with Gasteiger partial charge in [-0.3, -0.25) is 4.79 Å². The van der Waals surface area contributed by atoms with E-state index in [0.717, 1.165) is 5.69 Å². The number of hydrogen-bond acceptors (Lipinski definition) is 7. The van der Waals surface area contributed by atoms with Gasteiger partial charge in [0.05, 0.1) is 12.8 Å². The molecule has 0 radical (unpaired) electrons. The molecule has 0 bridgehead atoms. The Kier molecular flexibility index (Phi) is 4.92. The Balaban J connectivity index is 1.50. The normalized spacial score (nSPS) is 12.2. The van der Waals surface area contributed by atoms with Crippen LogP contribution in [0.1, 0.15) is 10.5 Å². The first-order valence-electron chi connectivity index (χ1n) is 8.67. The van der Waals surface area contributed by atoms with Crippen molar-refractivity contribution < 1.29 is 19.0 Å². The minimum absolute atomic E-state index is 0.223. The minimum Gasteiger partial charge on any atom is -0.495 e. The summed E-state index contributed by atoms with van der Waals surface area (Å²) in [5, 5.41) is 5.86. The predicted octanol–water partition coefficient (Wildman–Crippen LogP) is 3.25. The van der Waals surface area contributed by atoms with E-state index in [1.807, 2.05) is 24.3 Å². The molecule has 8 heteroatoms. The first kappa shape index (κ1) is 17.6. The fourth-order valence-corrected chi connectivity index (χ4v) is 2.73.